The largest absolute Gasteiger partial charge is 0.480 e. The Balaban J connectivity index is 1.68. The van der Waals surface area contributed by atoms with Crippen LogP contribution in [-0.2, 0) is 23.1 Å². The van der Waals surface area contributed by atoms with Crippen LogP contribution in [0, 0.1) is 24.2 Å². The summed E-state index contributed by atoms with van der Waals surface area (Å²) in [6, 6.07) is 12.4. The van der Waals surface area contributed by atoms with Crippen molar-refractivity contribution in [3.05, 3.63) is 67.8 Å². The summed E-state index contributed by atoms with van der Waals surface area (Å²) in [5.74, 6) is -0.475. The van der Waals surface area contributed by atoms with Crippen molar-refractivity contribution in [1.29, 1.82) is 5.26 Å². The lowest BCUT2D eigenvalue weighted by Crippen LogP contribution is -2.39. The van der Waals surface area contributed by atoms with Gasteiger partial charge < -0.3 is 10.0 Å². The van der Waals surface area contributed by atoms with Crippen LogP contribution in [0.25, 0.3) is 6.08 Å². The minimum absolute atomic E-state index is 0.0208. The Kier molecular flexibility index (Phi) is 7.62. The van der Waals surface area contributed by atoms with E-state index in [4.69, 9.17) is 17.3 Å². The van der Waals surface area contributed by atoms with E-state index in [1.54, 1.807) is 20.0 Å². The number of carboxylic acids is 1. The monoisotopic (exact) mass is 522 g/mol. The maximum Gasteiger partial charge on any atom is 0.323 e. The number of aromatic nitrogens is 1. The van der Waals surface area contributed by atoms with Crippen molar-refractivity contribution < 1.29 is 14.7 Å². The summed E-state index contributed by atoms with van der Waals surface area (Å²) >= 11 is 6.25. The molecule has 2 aromatic rings. The lowest BCUT2D eigenvalue weighted by atomic mass is 9.90. The number of benzene rings is 1. The van der Waals surface area contributed by atoms with Gasteiger partial charge in [-0.05, 0) is 49.3 Å². The van der Waals surface area contributed by atoms with Gasteiger partial charge in [0.15, 0.2) is 0 Å². The number of thioether (sulfide) groups is 1. The summed E-state index contributed by atoms with van der Waals surface area (Å²) in [5.41, 5.74) is 2.04. The van der Waals surface area contributed by atoms with Gasteiger partial charge in [0.25, 0.3) is 11.5 Å². The van der Waals surface area contributed by atoms with E-state index in [0.717, 1.165) is 49.0 Å². The zero-order valence-corrected chi connectivity index (χ0v) is 21.7. The van der Waals surface area contributed by atoms with Gasteiger partial charge in [-0.2, -0.15) is 5.26 Å². The number of rotatable bonds is 6. The van der Waals surface area contributed by atoms with Gasteiger partial charge in [0.05, 0.1) is 4.91 Å². The average molecular weight is 523 g/mol. The Labute approximate surface area is 218 Å². The standard InChI is InChI=1S/C26H26N4O4S2/c1-16-19(13-21-25(34)30(15-22(31)32)26(35)36-21)23(28(2)24(33)20(16)14-27)29-10-8-18(9-11-29)12-17-6-4-3-5-7-17/h3-7,13,18H,8-12,15H2,1-2H3,(H,31,32)/b21-13-. The Morgan fingerprint density at radius 2 is 1.92 bits per heavy atom. The molecule has 1 aromatic carbocycles. The van der Waals surface area contributed by atoms with Crippen LogP contribution in [0.1, 0.15) is 35.1 Å². The number of anilines is 1. The lowest BCUT2D eigenvalue weighted by molar-refractivity contribution is -0.140. The molecule has 0 unspecified atom stereocenters. The van der Waals surface area contributed by atoms with Crippen LogP contribution in [0.5, 0.6) is 0 Å². The number of nitriles is 1. The number of hydrogen-bond donors (Lipinski definition) is 1. The number of carbonyl (C=O) groups is 2. The fraction of sp³-hybridized carbons (Fsp3) is 0.346. The molecular formula is C26H26N4O4S2. The highest BCUT2D eigenvalue weighted by atomic mass is 32.2. The molecule has 186 valence electrons. The lowest BCUT2D eigenvalue weighted by Gasteiger charge is -2.36. The van der Waals surface area contributed by atoms with E-state index in [-0.39, 0.29) is 20.3 Å². The topological polar surface area (TPSA) is 107 Å². The van der Waals surface area contributed by atoms with Crippen LogP contribution >= 0.6 is 24.0 Å². The predicted octanol–water partition coefficient (Wildman–Crippen LogP) is 3.31. The number of carbonyl (C=O) groups excluding carboxylic acids is 1. The molecule has 4 rings (SSSR count). The van der Waals surface area contributed by atoms with Crippen molar-refractivity contribution in [2.75, 3.05) is 24.5 Å². The van der Waals surface area contributed by atoms with Gasteiger partial charge in [0.2, 0.25) is 0 Å². The van der Waals surface area contributed by atoms with E-state index >= 15 is 0 Å². The maximum atomic E-state index is 13.0. The number of piperidine rings is 1. The third-order valence-corrected chi connectivity index (χ3v) is 8.07. The molecule has 2 fully saturated rings. The maximum absolute atomic E-state index is 13.0. The van der Waals surface area contributed by atoms with Gasteiger partial charge >= 0.3 is 5.97 Å². The summed E-state index contributed by atoms with van der Waals surface area (Å²) in [4.78, 5) is 40.5. The number of carboxylic acid groups (broad SMARTS) is 1. The summed E-state index contributed by atoms with van der Waals surface area (Å²) in [6.45, 7) is 2.66. The number of thiocarbonyl (C=S) groups is 1. The molecule has 1 N–H and O–H groups in total. The van der Waals surface area contributed by atoms with Gasteiger partial charge in [-0.1, -0.05) is 54.3 Å². The third-order valence-electron chi connectivity index (χ3n) is 6.69. The Hall–Kier alpha value is -3.42. The van der Waals surface area contributed by atoms with Gasteiger partial charge in [-0.15, -0.1) is 0 Å². The second kappa shape index (κ2) is 10.7. The van der Waals surface area contributed by atoms with E-state index < -0.39 is 18.4 Å². The molecular weight excluding hydrogens is 496 g/mol. The van der Waals surface area contributed by atoms with E-state index in [9.17, 15) is 19.6 Å². The van der Waals surface area contributed by atoms with Gasteiger partial charge in [0.1, 0.15) is 28.3 Å². The molecule has 0 aliphatic carbocycles. The first-order valence-electron chi connectivity index (χ1n) is 11.6. The van der Waals surface area contributed by atoms with E-state index in [1.807, 2.05) is 24.3 Å². The van der Waals surface area contributed by atoms with Gasteiger partial charge in [-0.3, -0.25) is 23.9 Å². The van der Waals surface area contributed by atoms with Crippen LogP contribution < -0.4 is 10.5 Å². The number of aliphatic carboxylic acids is 1. The van der Waals surface area contributed by atoms with E-state index in [2.05, 4.69) is 17.0 Å². The second-order valence-electron chi connectivity index (χ2n) is 8.99. The van der Waals surface area contributed by atoms with Crippen molar-refractivity contribution in [1.82, 2.24) is 9.47 Å². The zero-order chi connectivity index (χ0) is 26.0. The second-order valence-corrected chi connectivity index (χ2v) is 10.7. The highest BCUT2D eigenvalue weighted by Crippen LogP contribution is 2.36. The molecule has 0 atom stereocenters. The van der Waals surface area contributed by atoms with Crippen molar-refractivity contribution >= 4 is 52.1 Å². The molecule has 2 aliphatic rings. The van der Waals surface area contributed by atoms with Crippen LogP contribution in [0.4, 0.5) is 5.82 Å². The van der Waals surface area contributed by atoms with Crippen LogP contribution in [0.2, 0.25) is 0 Å². The number of pyridine rings is 1. The van der Waals surface area contributed by atoms with Crippen molar-refractivity contribution in [3.8, 4) is 6.07 Å². The molecule has 2 aliphatic heterocycles. The molecule has 10 heteroatoms. The Morgan fingerprint density at radius 3 is 2.53 bits per heavy atom. The van der Waals surface area contributed by atoms with Crippen LogP contribution in [0.3, 0.4) is 0 Å². The molecule has 0 saturated carbocycles. The highest BCUT2D eigenvalue weighted by Gasteiger charge is 2.34. The molecule has 8 nitrogen and oxygen atoms in total. The Morgan fingerprint density at radius 1 is 1.25 bits per heavy atom. The van der Waals surface area contributed by atoms with Crippen LogP contribution in [0.15, 0.2) is 40.0 Å². The molecule has 2 saturated heterocycles. The zero-order valence-electron chi connectivity index (χ0n) is 20.1. The minimum atomic E-state index is -1.16. The van der Waals surface area contributed by atoms with Crippen LogP contribution in [-0.4, -0.2) is 50.4 Å². The average Bonchev–Trinajstić information content (AvgIpc) is 3.11. The summed E-state index contributed by atoms with van der Waals surface area (Å²) < 4.78 is 1.65. The molecule has 0 bridgehead atoms. The first-order chi connectivity index (χ1) is 17.2. The van der Waals surface area contributed by atoms with E-state index in [1.165, 1.54) is 10.1 Å². The predicted molar refractivity (Wildman–Crippen MR) is 144 cm³/mol. The number of hydrogen-bond acceptors (Lipinski definition) is 7. The summed E-state index contributed by atoms with van der Waals surface area (Å²) in [5, 5.41) is 18.8. The highest BCUT2D eigenvalue weighted by molar-refractivity contribution is 8.26. The molecule has 36 heavy (non-hydrogen) atoms. The molecule has 0 spiro atoms. The molecule has 1 amide bonds. The van der Waals surface area contributed by atoms with E-state index in [0.29, 0.717) is 22.9 Å². The summed E-state index contributed by atoms with van der Waals surface area (Å²) in [7, 11) is 1.64. The minimum Gasteiger partial charge on any atom is -0.480 e. The fourth-order valence-electron chi connectivity index (χ4n) is 4.79. The smallest absolute Gasteiger partial charge is 0.323 e. The van der Waals surface area contributed by atoms with Gasteiger partial charge in [-0.25, -0.2) is 0 Å². The molecule has 3 heterocycles. The normalized spacial score (nSPS) is 17.6. The number of amides is 1. The molecule has 1 aromatic heterocycles. The molecule has 0 radical (unpaired) electrons. The Bertz CT molecular complexity index is 1350. The van der Waals surface area contributed by atoms with Crippen molar-refractivity contribution in [2.45, 2.75) is 26.2 Å². The SMILES string of the molecule is Cc1c(/C=C2\SC(=S)N(CC(=O)O)C2=O)c(N2CCC(Cc3ccccc3)CC2)n(C)c(=O)c1C#N. The third kappa shape index (κ3) is 5.08. The number of nitrogens with zero attached hydrogens (tertiary/aromatic N) is 4. The van der Waals surface area contributed by atoms with Crippen molar-refractivity contribution in [3.63, 3.8) is 0 Å². The summed E-state index contributed by atoms with van der Waals surface area (Å²) in [6.07, 6.45) is 4.53. The first kappa shape index (κ1) is 25.7. The van der Waals surface area contributed by atoms with Gasteiger partial charge in [0, 0.05) is 25.7 Å². The quantitative estimate of drug-likeness (QED) is 0.455. The van der Waals surface area contributed by atoms with Crippen molar-refractivity contribution in [2.24, 2.45) is 13.0 Å². The first-order valence-corrected chi connectivity index (χ1v) is 12.8. The fourth-order valence-corrected chi connectivity index (χ4v) is 6.03.